The highest BCUT2D eigenvalue weighted by atomic mass is 19.3. The summed E-state index contributed by atoms with van der Waals surface area (Å²) in [5, 5.41) is 16.2. The molecule has 3 N–H and O–H groups in total. The second-order valence-electron chi connectivity index (χ2n) is 5.98. The smallest absolute Gasteiger partial charge is 0.279 e. The molecule has 0 amide bonds. The largest absolute Gasteiger partial charge is 0.396 e. The Labute approximate surface area is 154 Å². The van der Waals surface area contributed by atoms with Crippen molar-refractivity contribution in [2.45, 2.75) is 19.0 Å². The number of nitrogens with one attached hydrogen (secondary N) is 2. The highest BCUT2D eigenvalue weighted by molar-refractivity contribution is 5.97. The van der Waals surface area contributed by atoms with E-state index in [2.05, 4.69) is 24.8 Å². The lowest BCUT2D eigenvalue weighted by atomic mass is 10.2. The topological polar surface area (TPSA) is 111 Å². The van der Waals surface area contributed by atoms with E-state index in [9.17, 15) is 8.78 Å². The van der Waals surface area contributed by atoms with Gasteiger partial charge in [-0.05, 0) is 18.6 Å². The van der Waals surface area contributed by atoms with Gasteiger partial charge in [-0.25, -0.2) is 23.7 Å². The molecule has 0 radical (unpaired) electrons. The van der Waals surface area contributed by atoms with E-state index >= 15 is 0 Å². The van der Waals surface area contributed by atoms with Crippen molar-refractivity contribution in [3.63, 3.8) is 0 Å². The van der Waals surface area contributed by atoms with Crippen molar-refractivity contribution >= 4 is 17.6 Å². The van der Waals surface area contributed by atoms with Crippen LogP contribution >= 0.6 is 0 Å². The second kappa shape index (κ2) is 8.78. The van der Waals surface area contributed by atoms with E-state index < -0.39 is 12.1 Å². The van der Waals surface area contributed by atoms with Crippen LogP contribution in [0.3, 0.4) is 0 Å². The van der Waals surface area contributed by atoms with E-state index in [0.29, 0.717) is 43.3 Å². The fourth-order valence-electron chi connectivity index (χ4n) is 2.71. The molecule has 144 valence electrons. The van der Waals surface area contributed by atoms with Crippen LogP contribution < -0.4 is 4.90 Å². The van der Waals surface area contributed by atoms with E-state index in [-0.39, 0.29) is 12.7 Å². The third-order valence-corrected chi connectivity index (χ3v) is 4.09. The number of ether oxygens (including phenoxy) is 1. The van der Waals surface area contributed by atoms with Crippen molar-refractivity contribution in [1.82, 2.24) is 19.9 Å². The first-order chi connectivity index (χ1) is 13.1. The summed E-state index contributed by atoms with van der Waals surface area (Å²) in [5.74, 6) is 1.09. The molecule has 27 heavy (non-hydrogen) atoms. The molecule has 2 aromatic rings. The molecule has 8 nitrogen and oxygen atoms in total. The number of allylic oxidation sites excluding steroid dienone is 1. The van der Waals surface area contributed by atoms with E-state index in [1.54, 1.807) is 6.20 Å². The summed E-state index contributed by atoms with van der Waals surface area (Å²) in [6.45, 7) is 1.94. The van der Waals surface area contributed by atoms with Crippen LogP contribution in [0.1, 0.15) is 12.2 Å². The molecule has 10 heteroatoms. The van der Waals surface area contributed by atoms with Crippen LogP contribution in [0.2, 0.25) is 0 Å². The Kier molecular flexibility index (Phi) is 6.20. The van der Waals surface area contributed by atoms with Crippen molar-refractivity contribution in [3.05, 3.63) is 30.5 Å². The Hall–Kier alpha value is -2.72. The van der Waals surface area contributed by atoms with Crippen molar-refractivity contribution in [3.8, 4) is 11.4 Å². The van der Waals surface area contributed by atoms with Crippen LogP contribution in [-0.4, -0.2) is 69.6 Å². The number of aromatic nitrogens is 4. The SMILES string of the molecule is N=C(/C=C\c1ncc(-c2cc(N3CCOC(CCO)C3)ncn2)[nH]1)C(F)F. The minimum Gasteiger partial charge on any atom is -0.396 e. The lowest BCUT2D eigenvalue weighted by Crippen LogP contribution is -2.43. The molecule has 3 heterocycles. The number of rotatable bonds is 7. The number of aliphatic hydroxyl groups is 1. The van der Waals surface area contributed by atoms with Gasteiger partial charge < -0.3 is 19.7 Å². The van der Waals surface area contributed by atoms with Crippen LogP contribution in [0.25, 0.3) is 17.5 Å². The third-order valence-electron chi connectivity index (χ3n) is 4.09. The number of nitrogens with zero attached hydrogens (tertiary/aromatic N) is 4. The molecule has 1 saturated heterocycles. The summed E-state index contributed by atoms with van der Waals surface area (Å²) in [6, 6.07) is 1.81. The van der Waals surface area contributed by atoms with Crippen molar-refractivity contribution in [2.75, 3.05) is 31.2 Å². The van der Waals surface area contributed by atoms with Gasteiger partial charge in [0.15, 0.2) is 0 Å². The number of alkyl halides is 2. The molecule has 3 rings (SSSR count). The Balaban J connectivity index is 1.73. The van der Waals surface area contributed by atoms with Gasteiger partial charge in [-0.15, -0.1) is 0 Å². The standard InChI is InChI=1S/C17H20F2N6O2/c18-17(19)12(20)1-2-15-21-8-14(24-15)13-7-16(23-10-22-13)25-4-6-27-11(9-25)3-5-26/h1-2,7-8,10-11,17,20,26H,3-6,9H2,(H,21,24)/b2-1-,20-12?. The average Bonchev–Trinajstić information content (AvgIpc) is 3.16. The minimum atomic E-state index is -2.82. The maximum absolute atomic E-state index is 12.3. The molecule has 0 bridgehead atoms. The van der Waals surface area contributed by atoms with Crippen LogP contribution in [0.5, 0.6) is 0 Å². The molecule has 0 aliphatic carbocycles. The van der Waals surface area contributed by atoms with Crippen molar-refractivity contribution < 1.29 is 18.6 Å². The zero-order valence-electron chi connectivity index (χ0n) is 14.5. The Bertz CT molecular complexity index is 808. The third kappa shape index (κ3) is 4.92. The van der Waals surface area contributed by atoms with Gasteiger partial charge in [0.05, 0.1) is 36.0 Å². The number of H-pyrrole nitrogens is 1. The number of hydrogen-bond acceptors (Lipinski definition) is 7. The van der Waals surface area contributed by atoms with Crippen LogP contribution in [0.15, 0.2) is 24.7 Å². The number of anilines is 1. The van der Waals surface area contributed by atoms with Crippen LogP contribution in [0, 0.1) is 5.41 Å². The first kappa shape index (κ1) is 19.1. The van der Waals surface area contributed by atoms with E-state index in [1.165, 1.54) is 12.4 Å². The first-order valence-corrected chi connectivity index (χ1v) is 8.46. The van der Waals surface area contributed by atoms with Gasteiger partial charge >= 0.3 is 0 Å². The van der Waals surface area contributed by atoms with Gasteiger partial charge in [-0.3, -0.25) is 5.41 Å². The summed E-state index contributed by atoms with van der Waals surface area (Å²) in [4.78, 5) is 17.7. The maximum Gasteiger partial charge on any atom is 0.279 e. The maximum atomic E-state index is 12.3. The molecule has 0 spiro atoms. The average molecular weight is 378 g/mol. The first-order valence-electron chi connectivity index (χ1n) is 8.46. The van der Waals surface area contributed by atoms with Gasteiger partial charge in [0, 0.05) is 25.8 Å². The number of aliphatic hydroxyl groups excluding tert-OH is 1. The van der Waals surface area contributed by atoms with E-state index in [0.717, 1.165) is 11.9 Å². The highest BCUT2D eigenvalue weighted by Gasteiger charge is 2.21. The molecule has 1 aliphatic rings. The predicted molar refractivity (Wildman–Crippen MR) is 96.0 cm³/mol. The fourth-order valence-corrected chi connectivity index (χ4v) is 2.71. The number of morpholine rings is 1. The predicted octanol–water partition coefficient (Wildman–Crippen LogP) is 1.75. The lowest BCUT2D eigenvalue weighted by molar-refractivity contribution is 0.0244. The van der Waals surface area contributed by atoms with Gasteiger partial charge in [0.25, 0.3) is 6.43 Å². The number of aromatic amines is 1. The molecular weight excluding hydrogens is 358 g/mol. The summed E-state index contributed by atoms with van der Waals surface area (Å²) in [5.41, 5.74) is 0.449. The summed E-state index contributed by atoms with van der Waals surface area (Å²) in [6.07, 6.45) is 3.03. The normalized spacial score (nSPS) is 17.8. The molecule has 1 aliphatic heterocycles. The Morgan fingerprint density at radius 3 is 3.07 bits per heavy atom. The van der Waals surface area contributed by atoms with Crippen LogP contribution in [0.4, 0.5) is 14.6 Å². The molecular formula is C17H20F2N6O2. The number of halogens is 2. The van der Waals surface area contributed by atoms with Gasteiger partial charge in [0.1, 0.15) is 18.0 Å². The molecule has 1 unspecified atom stereocenters. The molecule has 0 saturated carbocycles. The second-order valence-corrected chi connectivity index (χ2v) is 5.98. The van der Waals surface area contributed by atoms with E-state index in [4.69, 9.17) is 15.3 Å². The molecule has 1 atom stereocenters. The van der Waals surface area contributed by atoms with Crippen molar-refractivity contribution in [2.24, 2.45) is 0 Å². The quantitative estimate of drug-likeness (QED) is 0.633. The summed E-state index contributed by atoms with van der Waals surface area (Å²) in [7, 11) is 0. The van der Waals surface area contributed by atoms with E-state index in [1.807, 2.05) is 6.07 Å². The Morgan fingerprint density at radius 1 is 1.44 bits per heavy atom. The minimum absolute atomic E-state index is 0.0452. The van der Waals surface area contributed by atoms with Gasteiger partial charge in [-0.1, -0.05) is 0 Å². The van der Waals surface area contributed by atoms with Gasteiger partial charge in [-0.2, -0.15) is 0 Å². The Morgan fingerprint density at radius 2 is 2.30 bits per heavy atom. The van der Waals surface area contributed by atoms with Gasteiger partial charge in [0.2, 0.25) is 0 Å². The fraction of sp³-hybridized carbons (Fsp3) is 0.412. The number of hydrogen-bond donors (Lipinski definition) is 3. The summed E-state index contributed by atoms with van der Waals surface area (Å²) < 4.78 is 30.3. The van der Waals surface area contributed by atoms with Crippen LogP contribution in [-0.2, 0) is 4.74 Å². The highest BCUT2D eigenvalue weighted by Crippen LogP contribution is 2.21. The molecule has 0 aromatic carbocycles. The number of imidazole rings is 1. The summed E-state index contributed by atoms with van der Waals surface area (Å²) >= 11 is 0. The molecule has 1 fully saturated rings. The monoisotopic (exact) mass is 378 g/mol. The molecule has 2 aromatic heterocycles. The zero-order chi connectivity index (χ0) is 19.2. The van der Waals surface area contributed by atoms with Crippen molar-refractivity contribution in [1.29, 1.82) is 5.41 Å². The zero-order valence-corrected chi connectivity index (χ0v) is 14.5. The lowest BCUT2D eigenvalue weighted by Gasteiger charge is -2.33.